The minimum atomic E-state index is 0.0785. The molecule has 7 heteroatoms. The van der Waals surface area contributed by atoms with Crippen LogP contribution in [0.5, 0.6) is 0 Å². The summed E-state index contributed by atoms with van der Waals surface area (Å²) in [4.78, 5) is 16.3. The van der Waals surface area contributed by atoms with E-state index in [0.717, 1.165) is 67.4 Å². The van der Waals surface area contributed by atoms with Crippen LogP contribution in [0.3, 0.4) is 0 Å². The minimum absolute atomic E-state index is 0.0785. The van der Waals surface area contributed by atoms with Crippen molar-refractivity contribution in [3.05, 3.63) is 41.0 Å². The number of carbonyl (C=O) groups is 1. The van der Waals surface area contributed by atoms with E-state index in [9.17, 15) is 4.79 Å². The first-order valence-electron chi connectivity index (χ1n) is 8.76. The quantitative estimate of drug-likeness (QED) is 0.882. The van der Waals surface area contributed by atoms with Gasteiger partial charge in [-0.25, -0.2) is 4.79 Å². The number of H-pyrrole nitrogens is 1. The number of carbonyl (C=O) groups excluding carboxylic acids is 1. The molecule has 1 unspecified atom stereocenters. The third kappa shape index (κ3) is 3.50. The Kier molecular flexibility index (Phi) is 4.63. The SMILES string of the molecule is O=C1NCCN1C1CCCN(Cc2cn[nH]c2-c2cccc(Cl)c2)C1. The zero-order valence-corrected chi connectivity index (χ0v) is 14.8. The number of rotatable bonds is 4. The van der Waals surface area contributed by atoms with E-state index in [4.69, 9.17) is 11.6 Å². The van der Waals surface area contributed by atoms with Crippen molar-refractivity contribution in [2.75, 3.05) is 26.2 Å². The molecule has 132 valence electrons. The lowest BCUT2D eigenvalue weighted by Crippen LogP contribution is -2.48. The molecule has 3 heterocycles. The number of hydrogen-bond donors (Lipinski definition) is 2. The summed E-state index contributed by atoms with van der Waals surface area (Å²) in [7, 11) is 0. The van der Waals surface area contributed by atoms with E-state index in [2.05, 4.69) is 20.4 Å². The lowest BCUT2D eigenvalue weighted by atomic mass is 10.0. The van der Waals surface area contributed by atoms with Crippen LogP contribution in [0.15, 0.2) is 30.5 Å². The molecule has 1 aromatic carbocycles. The van der Waals surface area contributed by atoms with E-state index in [0.29, 0.717) is 6.04 Å². The van der Waals surface area contributed by atoms with Crippen LogP contribution in [0.25, 0.3) is 11.3 Å². The average Bonchev–Trinajstić information content (AvgIpc) is 3.24. The summed E-state index contributed by atoms with van der Waals surface area (Å²) in [6, 6.07) is 8.19. The van der Waals surface area contributed by atoms with E-state index < -0.39 is 0 Å². The third-order valence-corrected chi connectivity index (χ3v) is 5.27. The van der Waals surface area contributed by atoms with Crippen molar-refractivity contribution in [1.82, 2.24) is 25.3 Å². The second kappa shape index (κ2) is 7.06. The molecule has 0 bridgehead atoms. The van der Waals surface area contributed by atoms with Gasteiger partial charge in [0.05, 0.1) is 11.9 Å². The van der Waals surface area contributed by atoms with Crippen LogP contribution < -0.4 is 5.32 Å². The fraction of sp³-hybridized carbons (Fsp3) is 0.444. The van der Waals surface area contributed by atoms with Crippen molar-refractivity contribution in [2.45, 2.75) is 25.4 Å². The second-order valence-electron chi connectivity index (χ2n) is 6.74. The molecular weight excluding hydrogens is 338 g/mol. The summed E-state index contributed by atoms with van der Waals surface area (Å²) in [5.41, 5.74) is 3.23. The van der Waals surface area contributed by atoms with Crippen LogP contribution in [-0.2, 0) is 6.54 Å². The van der Waals surface area contributed by atoms with Gasteiger partial charge in [0.2, 0.25) is 0 Å². The number of halogens is 1. The first-order valence-corrected chi connectivity index (χ1v) is 9.13. The Labute approximate surface area is 152 Å². The standard InChI is InChI=1S/C18H22ClN5O/c19-15-4-1-3-13(9-15)17-14(10-21-22-17)11-23-7-2-5-16(12-23)24-8-6-20-18(24)25/h1,3-4,9-10,16H,2,5-8,11-12H2,(H,20,25)(H,21,22). The van der Waals surface area contributed by atoms with Gasteiger partial charge in [0.15, 0.2) is 0 Å². The summed E-state index contributed by atoms with van der Waals surface area (Å²) in [5, 5.41) is 11.0. The van der Waals surface area contributed by atoms with E-state index in [-0.39, 0.29) is 6.03 Å². The molecular formula is C18H22ClN5O. The summed E-state index contributed by atoms with van der Waals surface area (Å²) in [6.07, 6.45) is 4.08. The van der Waals surface area contributed by atoms with Crippen molar-refractivity contribution < 1.29 is 4.79 Å². The number of benzene rings is 1. The van der Waals surface area contributed by atoms with Gasteiger partial charge in [-0.3, -0.25) is 10.00 Å². The van der Waals surface area contributed by atoms with Crippen molar-refractivity contribution in [3.63, 3.8) is 0 Å². The van der Waals surface area contributed by atoms with Gasteiger partial charge >= 0.3 is 6.03 Å². The smallest absolute Gasteiger partial charge is 0.317 e. The molecule has 2 saturated heterocycles. The molecule has 2 aliphatic heterocycles. The van der Waals surface area contributed by atoms with Gasteiger partial charge in [-0.05, 0) is 31.5 Å². The normalized spacial score (nSPS) is 21.6. The van der Waals surface area contributed by atoms with Gasteiger partial charge in [-0.1, -0.05) is 23.7 Å². The fourth-order valence-corrected chi connectivity index (χ4v) is 4.02. The van der Waals surface area contributed by atoms with Crippen LogP contribution in [0, 0.1) is 0 Å². The van der Waals surface area contributed by atoms with Gasteiger partial charge in [0, 0.05) is 48.4 Å². The Hall–Kier alpha value is -2.05. The van der Waals surface area contributed by atoms with Gasteiger partial charge in [0.1, 0.15) is 0 Å². The number of nitrogens with zero attached hydrogens (tertiary/aromatic N) is 3. The highest BCUT2D eigenvalue weighted by Gasteiger charge is 2.31. The fourth-order valence-electron chi connectivity index (χ4n) is 3.83. The molecule has 0 spiro atoms. The third-order valence-electron chi connectivity index (χ3n) is 5.04. The predicted molar refractivity (Wildman–Crippen MR) is 97.4 cm³/mol. The van der Waals surface area contributed by atoms with E-state index in [1.54, 1.807) is 0 Å². The first kappa shape index (κ1) is 16.4. The zero-order chi connectivity index (χ0) is 17.2. The number of nitrogens with one attached hydrogen (secondary N) is 2. The maximum Gasteiger partial charge on any atom is 0.317 e. The Morgan fingerprint density at radius 3 is 3.04 bits per heavy atom. The van der Waals surface area contributed by atoms with Crippen LogP contribution in [0.4, 0.5) is 4.79 Å². The highest BCUT2D eigenvalue weighted by molar-refractivity contribution is 6.30. The Balaban J connectivity index is 1.47. The molecule has 0 saturated carbocycles. The van der Waals surface area contributed by atoms with Gasteiger partial charge in [-0.15, -0.1) is 0 Å². The summed E-state index contributed by atoms with van der Waals surface area (Å²) < 4.78 is 0. The highest BCUT2D eigenvalue weighted by atomic mass is 35.5. The van der Waals surface area contributed by atoms with E-state index >= 15 is 0 Å². The first-order chi connectivity index (χ1) is 12.2. The Morgan fingerprint density at radius 2 is 2.24 bits per heavy atom. The van der Waals surface area contributed by atoms with Gasteiger partial charge < -0.3 is 10.2 Å². The maximum atomic E-state index is 11.9. The Morgan fingerprint density at radius 1 is 1.32 bits per heavy atom. The van der Waals surface area contributed by atoms with Crippen LogP contribution in [0.1, 0.15) is 18.4 Å². The molecule has 1 aromatic heterocycles. The van der Waals surface area contributed by atoms with Crippen LogP contribution >= 0.6 is 11.6 Å². The predicted octanol–water partition coefficient (Wildman–Crippen LogP) is 2.72. The van der Waals surface area contributed by atoms with Crippen molar-refractivity contribution >= 4 is 17.6 Å². The molecule has 2 fully saturated rings. The van der Waals surface area contributed by atoms with E-state index in [1.165, 1.54) is 0 Å². The number of aromatic nitrogens is 2. The minimum Gasteiger partial charge on any atom is -0.336 e. The van der Waals surface area contributed by atoms with Crippen LogP contribution in [-0.4, -0.2) is 58.2 Å². The van der Waals surface area contributed by atoms with Gasteiger partial charge in [-0.2, -0.15) is 5.10 Å². The summed E-state index contributed by atoms with van der Waals surface area (Å²) in [5.74, 6) is 0. The molecule has 2 amide bonds. The average molecular weight is 360 g/mol. The van der Waals surface area contributed by atoms with Crippen molar-refractivity contribution in [1.29, 1.82) is 0 Å². The molecule has 0 radical (unpaired) electrons. The van der Waals surface area contributed by atoms with E-state index in [1.807, 2.05) is 35.4 Å². The largest absolute Gasteiger partial charge is 0.336 e. The van der Waals surface area contributed by atoms with Crippen molar-refractivity contribution in [3.8, 4) is 11.3 Å². The zero-order valence-electron chi connectivity index (χ0n) is 14.0. The lowest BCUT2D eigenvalue weighted by molar-refractivity contribution is 0.122. The monoisotopic (exact) mass is 359 g/mol. The number of hydrogen-bond acceptors (Lipinski definition) is 3. The highest BCUT2D eigenvalue weighted by Crippen LogP contribution is 2.26. The number of amides is 2. The molecule has 25 heavy (non-hydrogen) atoms. The second-order valence-corrected chi connectivity index (χ2v) is 7.17. The summed E-state index contributed by atoms with van der Waals surface area (Å²) in [6.45, 7) is 4.36. The lowest BCUT2D eigenvalue weighted by Gasteiger charge is -2.37. The molecule has 2 N–H and O–H groups in total. The number of urea groups is 1. The van der Waals surface area contributed by atoms with Gasteiger partial charge in [0.25, 0.3) is 0 Å². The number of piperidine rings is 1. The molecule has 6 nitrogen and oxygen atoms in total. The molecule has 1 atom stereocenters. The molecule has 4 rings (SSSR count). The van der Waals surface area contributed by atoms with Crippen LogP contribution in [0.2, 0.25) is 5.02 Å². The summed E-state index contributed by atoms with van der Waals surface area (Å²) >= 11 is 6.12. The number of aromatic amines is 1. The molecule has 0 aliphatic carbocycles. The number of likely N-dealkylation sites (tertiary alicyclic amines) is 1. The topological polar surface area (TPSA) is 64.3 Å². The Bertz CT molecular complexity index is 761. The molecule has 2 aromatic rings. The molecule has 2 aliphatic rings. The maximum absolute atomic E-state index is 11.9. The van der Waals surface area contributed by atoms with Crippen molar-refractivity contribution in [2.24, 2.45) is 0 Å².